The van der Waals surface area contributed by atoms with E-state index in [4.69, 9.17) is 16.3 Å². The largest absolute Gasteiger partial charge is 0.497 e. The van der Waals surface area contributed by atoms with Crippen molar-refractivity contribution in [2.75, 3.05) is 12.4 Å². The Morgan fingerprint density at radius 1 is 1.09 bits per heavy atom. The predicted octanol–water partition coefficient (Wildman–Crippen LogP) is 4.79. The maximum atomic E-state index is 12.1. The molecule has 0 bridgehead atoms. The van der Waals surface area contributed by atoms with Crippen molar-refractivity contribution in [2.45, 2.75) is 18.8 Å². The normalized spacial score (nSPS) is 17.6. The predicted molar refractivity (Wildman–Crippen MR) is 93.1 cm³/mol. The minimum Gasteiger partial charge on any atom is -0.497 e. The molecule has 0 amide bonds. The van der Waals surface area contributed by atoms with Crippen molar-refractivity contribution in [1.29, 1.82) is 0 Å². The molecule has 0 saturated carbocycles. The molecule has 0 heterocycles. The van der Waals surface area contributed by atoms with Gasteiger partial charge in [0, 0.05) is 35.2 Å². The van der Waals surface area contributed by atoms with Gasteiger partial charge in [-0.2, -0.15) is 0 Å². The number of carbonyl (C=O) groups excluding carboxylic acids is 1. The zero-order valence-corrected chi connectivity index (χ0v) is 13.6. The topological polar surface area (TPSA) is 38.3 Å². The second-order valence-electron chi connectivity index (χ2n) is 5.62. The Morgan fingerprint density at radius 2 is 1.78 bits per heavy atom. The fraction of sp³-hybridized carbons (Fsp3) is 0.211. The molecule has 3 nitrogen and oxygen atoms in total. The van der Waals surface area contributed by atoms with E-state index in [-0.39, 0.29) is 11.7 Å². The zero-order valence-electron chi connectivity index (χ0n) is 12.9. The quantitative estimate of drug-likeness (QED) is 0.877. The van der Waals surface area contributed by atoms with E-state index in [9.17, 15) is 4.79 Å². The Balaban J connectivity index is 1.80. The molecule has 1 unspecified atom stereocenters. The van der Waals surface area contributed by atoms with Gasteiger partial charge in [0.25, 0.3) is 0 Å². The number of ether oxygens (including phenoxy) is 1. The van der Waals surface area contributed by atoms with E-state index in [0.717, 1.165) is 22.7 Å². The molecule has 23 heavy (non-hydrogen) atoms. The SMILES string of the molecule is COc1ccc(C2C=C(Nc3ccc(Cl)cc3)CC(=O)C2)cc1. The first kappa shape index (κ1) is 15.6. The summed E-state index contributed by atoms with van der Waals surface area (Å²) >= 11 is 5.90. The summed E-state index contributed by atoms with van der Waals surface area (Å²) < 4.78 is 5.18. The summed E-state index contributed by atoms with van der Waals surface area (Å²) in [6.45, 7) is 0. The van der Waals surface area contributed by atoms with Crippen molar-refractivity contribution in [2.24, 2.45) is 0 Å². The standard InChI is InChI=1S/C19H18ClNO2/c1-23-19-8-2-13(3-9-19)14-10-17(12-18(22)11-14)21-16-6-4-15(20)5-7-16/h2-10,14,21H,11-12H2,1H3. The number of rotatable bonds is 4. The average Bonchev–Trinajstić information content (AvgIpc) is 2.56. The Labute approximate surface area is 140 Å². The lowest BCUT2D eigenvalue weighted by molar-refractivity contribution is -0.118. The highest BCUT2D eigenvalue weighted by atomic mass is 35.5. The van der Waals surface area contributed by atoms with Gasteiger partial charge in [0.2, 0.25) is 0 Å². The summed E-state index contributed by atoms with van der Waals surface area (Å²) in [6, 6.07) is 15.3. The second-order valence-corrected chi connectivity index (χ2v) is 6.06. The first-order valence-electron chi connectivity index (χ1n) is 7.53. The van der Waals surface area contributed by atoms with Gasteiger partial charge in [0.1, 0.15) is 11.5 Å². The Hall–Kier alpha value is -2.26. The highest BCUT2D eigenvalue weighted by Gasteiger charge is 2.21. The summed E-state index contributed by atoms with van der Waals surface area (Å²) in [5.74, 6) is 1.15. The maximum absolute atomic E-state index is 12.1. The summed E-state index contributed by atoms with van der Waals surface area (Å²) in [7, 11) is 1.65. The van der Waals surface area contributed by atoms with Gasteiger partial charge in [-0.1, -0.05) is 29.8 Å². The van der Waals surface area contributed by atoms with Crippen LogP contribution in [0.1, 0.15) is 24.3 Å². The van der Waals surface area contributed by atoms with Gasteiger partial charge in [-0.15, -0.1) is 0 Å². The van der Waals surface area contributed by atoms with Crippen LogP contribution in [0.25, 0.3) is 0 Å². The van der Waals surface area contributed by atoms with E-state index >= 15 is 0 Å². The number of ketones is 1. The van der Waals surface area contributed by atoms with Crippen molar-refractivity contribution in [3.8, 4) is 5.75 Å². The summed E-state index contributed by atoms with van der Waals surface area (Å²) in [4.78, 5) is 12.1. The average molecular weight is 328 g/mol. The molecule has 0 aromatic heterocycles. The van der Waals surface area contributed by atoms with Crippen LogP contribution in [0, 0.1) is 0 Å². The van der Waals surface area contributed by atoms with Crippen molar-refractivity contribution in [3.05, 3.63) is 70.9 Å². The van der Waals surface area contributed by atoms with Crippen LogP contribution in [0.4, 0.5) is 5.69 Å². The van der Waals surface area contributed by atoms with Crippen LogP contribution >= 0.6 is 11.6 Å². The lowest BCUT2D eigenvalue weighted by atomic mass is 9.87. The van der Waals surface area contributed by atoms with Gasteiger partial charge in [0.15, 0.2) is 0 Å². The first-order chi connectivity index (χ1) is 11.1. The molecule has 0 spiro atoms. The molecule has 2 aromatic carbocycles. The number of hydrogen-bond acceptors (Lipinski definition) is 3. The van der Waals surface area contributed by atoms with E-state index in [2.05, 4.69) is 11.4 Å². The first-order valence-corrected chi connectivity index (χ1v) is 7.91. The number of allylic oxidation sites excluding steroid dienone is 2. The maximum Gasteiger partial charge on any atom is 0.139 e. The van der Waals surface area contributed by atoms with Crippen LogP contribution < -0.4 is 10.1 Å². The smallest absolute Gasteiger partial charge is 0.139 e. The second kappa shape index (κ2) is 6.88. The molecule has 1 aliphatic rings. The molecule has 0 saturated heterocycles. The highest BCUT2D eigenvalue weighted by molar-refractivity contribution is 6.30. The minimum atomic E-state index is 0.0944. The number of nitrogens with one attached hydrogen (secondary N) is 1. The number of carbonyl (C=O) groups is 1. The van der Waals surface area contributed by atoms with Gasteiger partial charge in [-0.25, -0.2) is 0 Å². The van der Waals surface area contributed by atoms with Gasteiger partial charge in [-0.05, 0) is 42.0 Å². The number of benzene rings is 2. The molecular weight excluding hydrogens is 310 g/mol. The number of anilines is 1. The van der Waals surface area contributed by atoms with E-state index in [1.54, 1.807) is 7.11 Å². The summed E-state index contributed by atoms with van der Waals surface area (Å²) in [5.41, 5.74) is 2.99. The Kier molecular flexibility index (Phi) is 4.68. The van der Waals surface area contributed by atoms with Gasteiger partial charge >= 0.3 is 0 Å². The van der Waals surface area contributed by atoms with Crippen LogP contribution in [0.5, 0.6) is 5.75 Å². The fourth-order valence-electron chi connectivity index (χ4n) is 2.76. The number of methoxy groups -OCH3 is 1. The van der Waals surface area contributed by atoms with Gasteiger partial charge in [-0.3, -0.25) is 4.79 Å². The molecule has 3 rings (SSSR count). The van der Waals surface area contributed by atoms with E-state index < -0.39 is 0 Å². The van der Waals surface area contributed by atoms with E-state index in [0.29, 0.717) is 17.9 Å². The van der Waals surface area contributed by atoms with E-state index in [1.807, 2.05) is 48.5 Å². The van der Waals surface area contributed by atoms with Crippen LogP contribution in [-0.4, -0.2) is 12.9 Å². The molecule has 1 aliphatic carbocycles. The van der Waals surface area contributed by atoms with Crippen LogP contribution in [0.3, 0.4) is 0 Å². The highest BCUT2D eigenvalue weighted by Crippen LogP contribution is 2.31. The van der Waals surface area contributed by atoms with Crippen molar-refractivity contribution in [3.63, 3.8) is 0 Å². The molecule has 118 valence electrons. The molecule has 0 fully saturated rings. The van der Waals surface area contributed by atoms with Crippen LogP contribution in [0.2, 0.25) is 5.02 Å². The minimum absolute atomic E-state index is 0.0944. The lowest BCUT2D eigenvalue weighted by Crippen LogP contribution is -2.16. The Bertz CT molecular complexity index is 720. The molecule has 4 heteroatoms. The Morgan fingerprint density at radius 3 is 2.43 bits per heavy atom. The third-order valence-electron chi connectivity index (χ3n) is 3.93. The molecule has 1 atom stereocenters. The molecule has 2 aromatic rings. The molecule has 1 N–H and O–H groups in total. The molecule has 0 radical (unpaired) electrons. The number of halogens is 1. The summed E-state index contributed by atoms with van der Waals surface area (Å²) in [5, 5.41) is 4.01. The van der Waals surface area contributed by atoms with Crippen LogP contribution in [-0.2, 0) is 4.79 Å². The van der Waals surface area contributed by atoms with Gasteiger partial charge in [0.05, 0.1) is 7.11 Å². The van der Waals surface area contributed by atoms with Crippen molar-refractivity contribution >= 4 is 23.1 Å². The van der Waals surface area contributed by atoms with E-state index in [1.165, 1.54) is 0 Å². The summed E-state index contributed by atoms with van der Waals surface area (Å²) in [6.07, 6.45) is 3.12. The monoisotopic (exact) mass is 327 g/mol. The van der Waals surface area contributed by atoms with Crippen molar-refractivity contribution < 1.29 is 9.53 Å². The third kappa shape index (κ3) is 3.93. The van der Waals surface area contributed by atoms with Crippen LogP contribution in [0.15, 0.2) is 60.3 Å². The zero-order chi connectivity index (χ0) is 16.2. The number of Topliss-reactive ketones (excluding diaryl/α,β-unsaturated/α-hetero) is 1. The fourth-order valence-corrected chi connectivity index (χ4v) is 2.89. The molecular formula is C19H18ClNO2. The van der Waals surface area contributed by atoms with Gasteiger partial charge < -0.3 is 10.1 Å². The number of hydrogen-bond donors (Lipinski definition) is 1. The van der Waals surface area contributed by atoms with Crippen molar-refractivity contribution in [1.82, 2.24) is 0 Å². The lowest BCUT2D eigenvalue weighted by Gasteiger charge is -2.22. The third-order valence-corrected chi connectivity index (χ3v) is 4.18. The molecule has 0 aliphatic heterocycles.